The minimum absolute atomic E-state index is 0.645. The minimum Gasteiger partial charge on any atom is -0.198 e. The predicted molar refractivity (Wildman–Crippen MR) is 50.8 cm³/mol. The van der Waals surface area contributed by atoms with Crippen molar-refractivity contribution in [3.63, 3.8) is 0 Å². The van der Waals surface area contributed by atoms with Crippen LogP contribution < -0.4 is 0 Å². The smallest absolute Gasteiger partial charge is 0.0621 e. The molecule has 4 rings (SSSR count). The third-order valence-corrected chi connectivity index (χ3v) is 4.82. The first-order valence-corrected chi connectivity index (χ1v) is 5.68. The van der Waals surface area contributed by atoms with Crippen LogP contribution in [0.25, 0.3) is 0 Å². The summed E-state index contributed by atoms with van der Waals surface area (Å²) >= 11 is 0. The van der Waals surface area contributed by atoms with Crippen molar-refractivity contribution in [2.45, 2.75) is 44.9 Å². The number of nitrogens with zero attached hydrogens (tertiary/aromatic N) is 1. The number of rotatable bonds is 2. The number of hydrogen-bond donors (Lipinski definition) is 0. The molecule has 4 aliphatic carbocycles. The highest BCUT2D eigenvalue weighted by Crippen LogP contribution is 2.65. The fraction of sp³-hybridized carbons (Fsp3) is 0.917. The topological polar surface area (TPSA) is 23.8 Å². The van der Waals surface area contributed by atoms with Crippen molar-refractivity contribution in [1.29, 1.82) is 5.26 Å². The van der Waals surface area contributed by atoms with E-state index in [1.54, 1.807) is 0 Å². The van der Waals surface area contributed by atoms with Crippen LogP contribution in [0.3, 0.4) is 0 Å². The van der Waals surface area contributed by atoms with Gasteiger partial charge < -0.3 is 0 Å². The second-order valence-corrected chi connectivity index (χ2v) is 5.63. The maximum atomic E-state index is 8.65. The van der Waals surface area contributed by atoms with Crippen LogP contribution in [0.5, 0.6) is 0 Å². The van der Waals surface area contributed by atoms with E-state index in [0.717, 1.165) is 24.2 Å². The van der Waals surface area contributed by atoms with E-state index >= 15 is 0 Å². The van der Waals surface area contributed by atoms with Gasteiger partial charge in [0.05, 0.1) is 6.07 Å². The van der Waals surface area contributed by atoms with Crippen molar-refractivity contribution >= 4 is 0 Å². The summed E-state index contributed by atoms with van der Waals surface area (Å²) in [5.41, 5.74) is 0.645. The zero-order chi connectivity index (χ0) is 8.89. The summed E-state index contributed by atoms with van der Waals surface area (Å²) in [6.45, 7) is 0. The molecule has 4 bridgehead atoms. The Morgan fingerprint density at radius 2 is 1.85 bits per heavy atom. The van der Waals surface area contributed by atoms with E-state index < -0.39 is 0 Å². The zero-order valence-corrected chi connectivity index (χ0v) is 8.13. The van der Waals surface area contributed by atoms with Crippen molar-refractivity contribution < 1.29 is 0 Å². The lowest BCUT2D eigenvalue weighted by Gasteiger charge is -2.38. The second kappa shape index (κ2) is 2.50. The third-order valence-electron chi connectivity index (χ3n) is 4.82. The van der Waals surface area contributed by atoms with E-state index in [2.05, 4.69) is 6.07 Å². The molecule has 4 aliphatic rings. The molecule has 0 radical (unpaired) electrons. The summed E-state index contributed by atoms with van der Waals surface area (Å²) in [6.07, 6.45) is 9.45. The first-order chi connectivity index (χ1) is 6.31. The van der Waals surface area contributed by atoms with Gasteiger partial charge in [-0.05, 0) is 61.7 Å². The highest BCUT2D eigenvalue weighted by Gasteiger charge is 2.55. The van der Waals surface area contributed by atoms with Gasteiger partial charge in [0.25, 0.3) is 0 Å². The van der Waals surface area contributed by atoms with E-state index in [-0.39, 0.29) is 0 Å². The SMILES string of the molecule is N#CCCC12CC3CC(C1)C(C3)C2. The Kier molecular flexibility index (Phi) is 1.51. The summed E-state index contributed by atoms with van der Waals surface area (Å²) in [7, 11) is 0. The molecule has 4 fully saturated rings. The van der Waals surface area contributed by atoms with Gasteiger partial charge in [-0.15, -0.1) is 0 Å². The van der Waals surface area contributed by atoms with Gasteiger partial charge in [0.2, 0.25) is 0 Å². The highest BCUT2D eigenvalue weighted by molar-refractivity contribution is 5.06. The molecule has 4 saturated carbocycles. The molecule has 1 nitrogen and oxygen atoms in total. The van der Waals surface area contributed by atoms with Crippen LogP contribution in [0.1, 0.15) is 44.9 Å². The maximum Gasteiger partial charge on any atom is 0.0621 e. The molecular weight excluding hydrogens is 158 g/mol. The Labute approximate surface area is 80.1 Å². The molecular formula is C12H17N. The van der Waals surface area contributed by atoms with Gasteiger partial charge in [-0.1, -0.05) is 0 Å². The summed E-state index contributed by atoms with van der Waals surface area (Å²) in [6, 6.07) is 2.32. The van der Waals surface area contributed by atoms with Gasteiger partial charge in [-0.3, -0.25) is 0 Å². The van der Waals surface area contributed by atoms with Gasteiger partial charge in [0, 0.05) is 6.42 Å². The van der Waals surface area contributed by atoms with Crippen molar-refractivity contribution in [2.75, 3.05) is 0 Å². The molecule has 0 N–H and O–H groups in total. The fourth-order valence-corrected chi connectivity index (χ4v) is 4.61. The molecule has 2 atom stereocenters. The average molecular weight is 175 g/mol. The average Bonchev–Trinajstić information content (AvgIpc) is 2.51. The molecule has 13 heavy (non-hydrogen) atoms. The summed E-state index contributed by atoms with van der Waals surface area (Å²) < 4.78 is 0. The lowest BCUT2D eigenvalue weighted by molar-refractivity contribution is 0.134. The van der Waals surface area contributed by atoms with Crippen LogP contribution in [0.4, 0.5) is 0 Å². The van der Waals surface area contributed by atoms with Crippen LogP contribution >= 0.6 is 0 Å². The Balaban J connectivity index is 1.77. The standard InChI is InChI=1S/C12H17N/c13-3-1-2-12-6-9-4-10(7-12)11(5-9)8-12/h9-11H,1-2,4-8H2. The molecule has 70 valence electrons. The fourth-order valence-electron chi connectivity index (χ4n) is 4.61. The lowest BCUT2D eigenvalue weighted by Crippen LogP contribution is -2.26. The largest absolute Gasteiger partial charge is 0.198 e. The predicted octanol–water partition coefficient (Wildman–Crippen LogP) is 3.12. The van der Waals surface area contributed by atoms with Crippen LogP contribution in [0.2, 0.25) is 0 Å². The molecule has 0 aromatic carbocycles. The van der Waals surface area contributed by atoms with Crippen molar-refractivity contribution in [1.82, 2.24) is 0 Å². The van der Waals surface area contributed by atoms with Gasteiger partial charge >= 0.3 is 0 Å². The van der Waals surface area contributed by atoms with Gasteiger partial charge in [0.1, 0.15) is 0 Å². The molecule has 2 unspecified atom stereocenters. The van der Waals surface area contributed by atoms with Crippen molar-refractivity contribution in [2.24, 2.45) is 23.2 Å². The van der Waals surface area contributed by atoms with E-state index in [4.69, 9.17) is 5.26 Å². The molecule has 0 aromatic heterocycles. The number of hydrogen-bond acceptors (Lipinski definition) is 1. The van der Waals surface area contributed by atoms with E-state index in [1.165, 1.54) is 38.5 Å². The van der Waals surface area contributed by atoms with Gasteiger partial charge in [0.15, 0.2) is 0 Å². The van der Waals surface area contributed by atoms with E-state index in [1.807, 2.05) is 0 Å². The summed E-state index contributed by atoms with van der Waals surface area (Å²) in [5, 5.41) is 8.65. The Morgan fingerprint density at radius 1 is 1.15 bits per heavy atom. The van der Waals surface area contributed by atoms with E-state index in [0.29, 0.717) is 5.41 Å². The van der Waals surface area contributed by atoms with Crippen LogP contribution in [0, 0.1) is 34.5 Å². The molecule has 0 saturated heterocycles. The first-order valence-electron chi connectivity index (χ1n) is 5.68. The van der Waals surface area contributed by atoms with Crippen LogP contribution in [-0.4, -0.2) is 0 Å². The monoisotopic (exact) mass is 175 g/mol. The molecule has 0 aromatic rings. The number of nitriles is 1. The summed E-state index contributed by atoms with van der Waals surface area (Å²) in [5.74, 6) is 3.19. The van der Waals surface area contributed by atoms with Gasteiger partial charge in [-0.2, -0.15) is 5.26 Å². The summed E-state index contributed by atoms with van der Waals surface area (Å²) in [4.78, 5) is 0. The molecule has 0 amide bonds. The normalized spacial score (nSPS) is 51.2. The first kappa shape index (κ1) is 7.85. The third kappa shape index (κ3) is 1.04. The van der Waals surface area contributed by atoms with Crippen molar-refractivity contribution in [3.8, 4) is 6.07 Å². The second-order valence-electron chi connectivity index (χ2n) is 5.63. The minimum atomic E-state index is 0.645. The Hall–Kier alpha value is -0.510. The van der Waals surface area contributed by atoms with Crippen molar-refractivity contribution in [3.05, 3.63) is 0 Å². The molecule has 0 heterocycles. The molecule has 0 aliphatic heterocycles. The zero-order valence-electron chi connectivity index (χ0n) is 8.13. The van der Waals surface area contributed by atoms with Gasteiger partial charge in [-0.25, -0.2) is 0 Å². The highest BCUT2D eigenvalue weighted by atomic mass is 14.6. The molecule has 0 spiro atoms. The van der Waals surface area contributed by atoms with Crippen LogP contribution in [0.15, 0.2) is 0 Å². The van der Waals surface area contributed by atoms with E-state index in [9.17, 15) is 0 Å². The molecule has 1 heteroatoms. The Morgan fingerprint density at radius 3 is 2.38 bits per heavy atom. The van der Waals surface area contributed by atoms with Crippen LogP contribution in [-0.2, 0) is 0 Å². The maximum absolute atomic E-state index is 8.65. The Bertz CT molecular complexity index is 243. The lowest BCUT2D eigenvalue weighted by atomic mass is 9.67. The quantitative estimate of drug-likeness (QED) is 0.632.